The lowest BCUT2D eigenvalue weighted by Gasteiger charge is -1.95. The van der Waals surface area contributed by atoms with Gasteiger partial charge in [0, 0.05) is 9.13 Å². The second kappa shape index (κ2) is 4.19. The molecule has 4 nitrogen and oxygen atoms in total. The molecular weight excluding hydrogens is 347 g/mol. The largest absolute Gasteiger partial charge is 0.382 e. The Morgan fingerprint density at radius 1 is 1.24 bits per heavy atom. The van der Waals surface area contributed by atoms with Crippen molar-refractivity contribution < 1.29 is 0 Å². The summed E-state index contributed by atoms with van der Waals surface area (Å²) in [5, 5.41) is 0.922. The summed E-state index contributed by atoms with van der Waals surface area (Å²) in [6.07, 6.45) is 1.44. The molecular formula is C11H7IN4S. The third kappa shape index (κ3) is 1.98. The minimum absolute atomic E-state index is 0.490. The van der Waals surface area contributed by atoms with Crippen molar-refractivity contribution in [2.24, 2.45) is 0 Å². The first-order chi connectivity index (χ1) is 8.24. The number of thiazole rings is 1. The quantitative estimate of drug-likeness (QED) is 0.683. The normalized spacial score (nSPS) is 10.9. The Bertz CT molecular complexity index is 695. The van der Waals surface area contributed by atoms with Crippen LogP contribution in [-0.2, 0) is 0 Å². The molecule has 0 fully saturated rings. The van der Waals surface area contributed by atoms with E-state index in [1.54, 1.807) is 0 Å². The number of hydrogen-bond acceptors (Lipinski definition) is 5. The van der Waals surface area contributed by atoms with E-state index in [2.05, 4.69) is 43.6 Å². The molecule has 0 aliphatic rings. The van der Waals surface area contributed by atoms with Gasteiger partial charge in [-0.25, -0.2) is 15.0 Å². The molecule has 0 aliphatic carbocycles. The first-order valence-electron chi connectivity index (χ1n) is 4.87. The van der Waals surface area contributed by atoms with Crippen LogP contribution in [0.2, 0.25) is 0 Å². The lowest BCUT2D eigenvalue weighted by Crippen LogP contribution is -1.90. The Hall–Kier alpha value is -1.28. The molecule has 0 saturated heterocycles. The minimum atomic E-state index is 0.490. The maximum Gasteiger partial charge on any atom is 0.176 e. The number of hydrogen-bond donors (Lipinski definition) is 1. The Balaban J connectivity index is 2.22. The number of nitrogens with zero attached hydrogens (tertiary/aromatic N) is 3. The van der Waals surface area contributed by atoms with Gasteiger partial charge >= 0.3 is 0 Å². The van der Waals surface area contributed by atoms with Crippen LogP contribution in [0, 0.1) is 3.57 Å². The summed E-state index contributed by atoms with van der Waals surface area (Å²) < 4.78 is 2.03. The van der Waals surface area contributed by atoms with Gasteiger partial charge in [0.2, 0.25) is 0 Å². The van der Waals surface area contributed by atoms with Crippen LogP contribution in [0.15, 0.2) is 30.6 Å². The number of halogens is 1. The van der Waals surface area contributed by atoms with Gasteiger partial charge in [0.05, 0.1) is 0 Å². The average molecular weight is 354 g/mol. The van der Waals surface area contributed by atoms with Crippen molar-refractivity contribution in [1.29, 1.82) is 0 Å². The van der Waals surface area contributed by atoms with E-state index in [1.165, 1.54) is 21.2 Å². The Morgan fingerprint density at radius 2 is 2.12 bits per heavy atom. The molecule has 84 valence electrons. The molecule has 1 aromatic carbocycles. The van der Waals surface area contributed by atoms with Crippen molar-refractivity contribution in [2.75, 3.05) is 5.73 Å². The highest BCUT2D eigenvalue weighted by Gasteiger charge is 2.09. The summed E-state index contributed by atoms with van der Waals surface area (Å²) in [6, 6.07) is 8.18. The summed E-state index contributed by atoms with van der Waals surface area (Å²) in [7, 11) is 0. The molecule has 6 heteroatoms. The van der Waals surface area contributed by atoms with Crippen LogP contribution in [-0.4, -0.2) is 15.0 Å². The molecule has 0 unspecified atom stereocenters. The maximum atomic E-state index is 5.80. The van der Waals surface area contributed by atoms with Gasteiger partial charge in [0.15, 0.2) is 5.65 Å². The number of anilines is 1. The third-order valence-electron chi connectivity index (χ3n) is 2.29. The second-order valence-corrected chi connectivity index (χ2v) is 5.69. The fourth-order valence-corrected chi connectivity index (χ4v) is 2.98. The van der Waals surface area contributed by atoms with E-state index in [0.717, 1.165) is 15.3 Å². The first kappa shape index (κ1) is 10.8. The molecule has 17 heavy (non-hydrogen) atoms. The summed E-state index contributed by atoms with van der Waals surface area (Å²) in [5.74, 6) is 0.490. The summed E-state index contributed by atoms with van der Waals surface area (Å²) >= 11 is 3.80. The Morgan fingerprint density at radius 3 is 2.88 bits per heavy atom. The van der Waals surface area contributed by atoms with Crippen LogP contribution in [0.5, 0.6) is 0 Å². The number of aromatic nitrogens is 3. The molecule has 2 aromatic heterocycles. The number of benzene rings is 1. The minimum Gasteiger partial charge on any atom is -0.382 e. The Kier molecular flexibility index (Phi) is 2.67. The van der Waals surface area contributed by atoms with Crippen LogP contribution in [0.1, 0.15) is 0 Å². The van der Waals surface area contributed by atoms with Crippen LogP contribution < -0.4 is 5.73 Å². The standard InChI is InChI=1S/C11H7IN4S/c12-7-3-1-2-6(4-7)11-16-10-8(17-11)9(13)14-5-15-10/h1-5H,(H2,13,14,15). The van der Waals surface area contributed by atoms with E-state index in [-0.39, 0.29) is 0 Å². The predicted molar refractivity (Wildman–Crippen MR) is 77.8 cm³/mol. The van der Waals surface area contributed by atoms with Crippen molar-refractivity contribution in [3.63, 3.8) is 0 Å². The lowest BCUT2D eigenvalue weighted by molar-refractivity contribution is 1.21. The van der Waals surface area contributed by atoms with E-state index in [1.807, 2.05) is 18.2 Å². The van der Waals surface area contributed by atoms with Crippen LogP contribution in [0.4, 0.5) is 5.82 Å². The highest BCUT2D eigenvalue weighted by molar-refractivity contribution is 14.1. The molecule has 2 heterocycles. The van der Waals surface area contributed by atoms with Gasteiger partial charge < -0.3 is 5.73 Å². The number of fused-ring (bicyclic) bond motifs is 1. The summed E-state index contributed by atoms with van der Waals surface area (Å²) in [5.41, 5.74) is 7.54. The van der Waals surface area contributed by atoms with Crippen molar-refractivity contribution in [3.05, 3.63) is 34.2 Å². The van der Waals surface area contributed by atoms with Gasteiger partial charge in [0.25, 0.3) is 0 Å². The van der Waals surface area contributed by atoms with Crippen LogP contribution in [0.25, 0.3) is 20.9 Å². The van der Waals surface area contributed by atoms with Crippen molar-refractivity contribution in [2.45, 2.75) is 0 Å². The molecule has 3 aromatic rings. The highest BCUT2D eigenvalue weighted by Crippen LogP contribution is 2.31. The summed E-state index contributed by atoms with van der Waals surface area (Å²) in [4.78, 5) is 12.6. The van der Waals surface area contributed by atoms with E-state index < -0.39 is 0 Å². The molecule has 2 N–H and O–H groups in total. The van der Waals surface area contributed by atoms with Gasteiger partial charge in [0.1, 0.15) is 21.9 Å². The molecule has 0 bridgehead atoms. The zero-order valence-corrected chi connectivity index (χ0v) is 11.6. The van der Waals surface area contributed by atoms with E-state index >= 15 is 0 Å². The zero-order chi connectivity index (χ0) is 11.8. The fourth-order valence-electron chi connectivity index (χ4n) is 1.52. The van der Waals surface area contributed by atoms with Crippen molar-refractivity contribution >= 4 is 50.1 Å². The predicted octanol–water partition coefficient (Wildman–Crippen LogP) is 2.94. The maximum absolute atomic E-state index is 5.80. The fraction of sp³-hybridized carbons (Fsp3) is 0. The molecule has 0 saturated carbocycles. The molecule has 0 atom stereocenters. The third-order valence-corrected chi connectivity index (χ3v) is 4.08. The number of nitrogen functional groups attached to an aromatic ring is 1. The topological polar surface area (TPSA) is 64.7 Å². The second-order valence-electron chi connectivity index (χ2n) is 3.44. The van der Waals surface area contributed by atoms with Gasteiger partial charge in [-0.1, -0.05) is 12.1 Å². The monoisotopic (exact) mass is 354 g/mol. The average Bonchev–Trinajstić information content (AvgIpc) is 2.74. The highest BCUT2D eigenvalue weighted by atomic mass is 127. The zero-order valence-electron chi connectivity index (χ0n) is 8.59. The SMILES string of the molecule is Nc1ncnc2nc(-c3cccc(I)c3)sc12. The van der Waals surface area contributed by atoms with E-state index in [4.69, 9.17) is 5.73 Å². The van der Waals surface area contributed by atoms with Crippen LogP contribution >= 0.6 is 33.9 Å². The van der Waals surface area contributed by atoms with Crippen molar-refractivity contribution in [1.82, 2.24) is 15.0 Å². The van der Waals surface area contributed by atoms with Gasteiger partial charge in [-0.3, -0.25) is 0 Å². The summed E-state index contributed by atoms with van der Waals surface area (Å²) in [6.45, 7) is 0. The molecule has 0 spiro atoms. The van der Waals surface area contributed by atoms with Crippen LogP contribution in [0.3, 0.4) is 0 Å². The van der Waals surface area contributed by atoms with Crippen molar-refractivity contribution in [3.8, 4) is 10.6 Å². The molecule has 0 radical (unpaired) electrons. The van der Waals surface area contributed by atoms with E-state index in [0.29, 0.717) is 11.5 Å². The Labute approximate surface area is 115 Å². The number of nitrogens with two attached hydrogens (primary N) is 1. The van der Waals surface area contributed by atoms with Gasteiger partial charge in [-0.05, 0) is 34.7 Å². The lowest BCUT2D eigenvalue weighted by atomic mass is 10.2. The molecule has 3 rings (SSSR count). The molecule has 0 amide bonds. The van der Waals surface area contributed by atoms with E-state index in [9.17, 15) is 0 Å². The smallest absolute Gasteiger partial charge is 0.176 e. The number of rotatable bonds is 1. The first-order valence-corrected chi connectivity index (χ1v) is 6.76. The van der Waals surface area contributed by atoms with Gasteiger partial charge in [-0.15, -0.1) is 11.3 Å². The van der Waals surface area contributed by atoms with Gasteiger partial charge in [-0.2, -0.15) is 0 Å². The molecule has 0 aliphatic heterocycles.